The normalized spacial score (nSPS) is 19.1. The molecule has 0 saturated heterocycles. The maximum Gasteiger partial charge on any atom is 0.449 e. The van der Waals surface area contributed by atoms with Crippen LogP contribution >= 0.6 is 0 Å². The first-order valence-electron chi connectivity index (χ1n) is 8.17. The lowest BCUT2D eigenvalue weighted by atomic mass is 9.90. The first-order valence-corrected chi connectivity index (χ1v) is 8.17. The molecule has 1 heterocycles. The van der Waals surface area contributed by atoms with Crippen molar-refractivity contribution in [3.8, 4) is 6.07 Å². The average Bonchev–Trinajstić information content (AvgIpc) is 3.13. The van der Waals surface area contributed by atoms with E-state index in [2.05, 4.69) is 4.42 Å². The summed E-state index contributed by atoms with van der Waals surface area (Å²) in [6.07, 6.45) is 0.178. The second-order valence-electron chi connectivity index (χ2n) is 6.12. The Bertz CT molecular complexity index is 983. The number of nitrogens with zero attached hydrogens (tertiary/aromatic N) is 1. The summed E-state index contributed by atoms with van der Waals surface area (Å²) in [5.41, 5.74) is -0.138. The molecule has 0 aliphatic heterocycles. The Morgan fingerprint density at radius 1 is 1.32 bits per heavy atom. The van der Waals surface area contributed by atoms with Crippen LogP contribution in [0.15, 0.2) is 59.0 Å². The fraction of sp³-hybridized carbons (Fsp3) is 0.200. The van der Waals surface area contributed by atoms with Gasteiger partial charge in [-0.25, -0.2) is 4.79 Å². The molecule has 0 spiro atoms. The van der Waals surface area contributed by atoms with Gasteiger partial charge in [-0.1, -0.05) is 42.5 Å². The SMILES string of the molecule is N#CC1(OCc2cc(C(=O)O)oc2C(F)(F)F)C=CC(c2ccccc2)=CC1. The van der Waals surface area contributed by atoms with E-state index in [1.807, 2.05) is 36.4 Å². The Morgan fingerprint density at radius 2 is 2.04 bits per heavy atom. The van der Waals surface area contributed by atoms with Gasteiger partial charge >= 0.3 is 12.1 Å². The lowest BCUT2D eigenvalue weighted by molar-refractivity contribution is -0.155. The van der Waals surface area contributed by atoms with Crippen LogP contribution in [0.2, 0.25) is 0 Å². The molecule has 0 radical (unpaired) electrons. The van der Waals surface area contributed by atoms with Crippen LogP contribution in [0.25, 0.3) is 5.57 Å². The molecule has 2 aromatic rings. The Hall–Kier alpha value is -3.31. The van der Waals surface area contributed by atoms with E-state index in [0.29, 0.717) is 0 Å². The van der Waals surface area contributed by atoms with Gasteiger partial charge in [-0.15, -0.1) is 0 Å². The molecule has 144 valence electrons. The van der Waals surface area contributed by atoms with Gasteiger partial charge in [0.15, 0.2) is 5.60 Å². The quantitative estimate of drug-likeness (QED) is 0.793. The summed E-state index contributed by atoms with van der Waals surface area (Å²) in [6, 6.07) is 12.1. The molecule has 0 saturated carbocycles. The van der Waals surface area contributed by atoms with Crippen LogP contribution in [-0.4, -0.2) is 16.7 Å². The number of halogens is 3. The van der Waals surface area contributed by atoms with Crippen molar-refractivity contribution < 1.29 is 32.2 Å². The number of hydrogen-bond acceptors (Lipinski definition) is 4. The van der Waals surface area contributed by atoms with E-state index in [9.17, 15) is 23.2 Å². The minimum absolute atomic E-state index is 0.134. The van der Waals surface area contributed by atoms with Gasteiger partial charge in [-0.05, 0) is 23.3 Å². The van der Waals surface area contributed by atoms with Crippen LogP contribution in [0.3, 0.4) is 0 Å². The molecule has 1 aliphatic rings. The van der Waals surface area contributed by atoms with Crippen LogP contribution in [0.1, 0.15) is 33.9 Å². The van der Waals surface area contributed by atoms with Crippen LogP contribution in [0.5, 0.6) is 0 Å². The number of ether oxygens (including phenoxy) is 1. The topological polar surface area (TPSA) is 83.5 Å². The molecule has 1 aromatic heterocycles. The smallest absolute Gasteiger partial charge is 0.449 e. The molecular formula is C20H14F3NO4. The van der Waals surface area contributed by atoms with Crippen molar-refractivity contribution in [1.82, 2.24) is 0 Å². The van der Waals surface area contributed by atoms with Crippen molar-refractivity contribution >= 4 is 11.5 Å². The largest absolute Gasteiger partial charge is 0.475 e. The molecule has 3 rings (SSSR count). The highest BCUT2D eigenvalue weighted by molar-refractivity contribution is 5.84. The number of allylic oxidation sites excluding steroid dienone is 2. The predicted octanol–water partition coefficient (Wildman–Crippen LogP) is 4.82. The van der Waals surface area contributed by atoms with Gasteiger partial charge in [0, 0.05) is 12.0 Å². The van der Waals surface area contributed by atoms with Gasteiger partial charge in [0.05, 0.1) is 6.61 Å². The maximum absolute atomic E-state index is 13.1. The van der Waals surface area contributed by atoms with E-state index in [-0.39, 0.29) is 6.42 Å². The molecule has 28 heavy (non-hydrogen) atoms. The molecular weight excluding hydrogens is 375 g/mol. The number of rotatable bonds is 5. The molecule has 1 aromatic carbocycles. The molecule has 1 aliphatic carbocycles. The summed E-state index contributed by atoms with van der Waals surface area (Å²) < 4.78 is 49.1. The minimum atomic E-state index is -4.88. The van der Waals surface area contributed by atoms with Gasteiger partial charge < -0.3 is 14.3 Å². The lowest BCUT2D eigenvalue weighted by Gasteiger charge is -2.25. The highest BCUT2D eigenvalue weighted by Crippen LogP contribution is 2.36. The molecule has 1 atom stereocenters. The van der Waals surface area contributed by atoms with E-state index in [4.69, 9.17) is 9.84 Å². The zero-order valence-electron chi connectivity index (χ0n) is 14.4. The van der Waals surface area contributed by atoms with Crippen molar-refractivity contribution in [3.05, 3.63) is 77.3 Å². The van der Waals surface area contributed by atoms with Crippen LogP contribution in [-0.2, 0) is 17.5 Å². The van der Waals surface area contributed by atoms with E-state index in [1.165, 1.54) is 6.08 Å². The first-order chi connectivity index (χ1) is 13.2. The third kappa shape index (κ3) is 4.00. The molecule has 0 amide bonds. The van der Waals surface area contributed by atoms with Gasteiger partial charge in [0.1, 0.15) is 6.07 Å². The van der Waals surface area contributed by atoms with Crippen molar-refractivity contribution in [2.75, 3.05) is 0 Å². The summed E-state index contributed by atoms with van der Waals surface area (Å²) in [5, 5.41) is 18.4. The lowest BCUT2D eigenvalue weighted by Crippen LogP contribution is -2.29. The fourth-order valence-electron chi connectivity index (χ4n) is 2.78. The van der Waals surface area contributed by atoms with Crippen molar-refractivity contribution in [2.45, 2.75) is 24.8 Å². The number of carbonyl (C=O) groups is 1. The Kier molecular flexibility index (Phi) is 5.12. The molecule has 1 unspecified atom stereocenters. The number of carboxylic acid groups (broad SMARTS) is 1. The Morgan fingerprint density at radius 3 is 2.57 bits per heavy atom. The van der Waals surface area contributed by atoms with E-state index in [1.54, 1.807) is 12.2 Å². The predicted molar refractivity (Wildman–Crippen MR) is 92.0 cm³/mol. The van der Waals surface area contributed by atoms with Crippen LogP contribution in [0, 0.1) is 11.3 Å². The number of benzene rings is 1. The molecule has 8 heteroatoms. The number of aromatic carboxylic acids is 1. The zero-order chi connectivity index (χ0) is 20.4. The second kappa shape index (κ2) is 7.37. The van der Waals surface area contributed by atoms with Crippen LogP contribution < -0.4 is 0 Å². The number of furan rings is 1. The van der Waals surface area contributed by atoms with Crippen molar-refractivity contribution in [2.24, 2.45) is 0 Å². The number of nitriles is 1. The van der Waals surface area contributed by atoms with E-state index >= 15 is 0 Å². The standard InChI is InChI=1S/C20H14F3NO4/c21-20(22,23)17-15(10-16(28-17)18(25)26)11-27-19(12-24)8-6-14(7-9-19)13-4-2-1-3-5-13/h1-8,10H,9,11H2,(H,25,26). The second-order valence-corrected chi connectivity index (χ2v) is 6.12. The summed E-state index contributed by atoms with van der Waals surface area (Å²) in [6.45, 7) is -0.627. The number of carboxylic acids is 1. The fourth-order valence-corrected chi connectivity index (χ4v) is 2.78. The third-order valence-electron chi connectivity index (χ3n) is 4.22. The number of alkyl halides is 3. The van der Waals surface area contributed by atoms with E-state index < -0.39 is 41.4 Å². The number of hydrogen-bond donors (Lipinski definition) is 1. The van der Waals surface area contributed by atoms with Gasteiger partial charge in [-0.2, -0.15) is 18.4 Å². The van der Waals surface area contributed by atoms with Crippen molar-refractivity contribution in [1.29, 1.82) is 5.26 Å². The molecule has 0 fully saturated rings. The molecule has 5 nitrogen and oxygen atoms in total. The third-order valence-corrected chi connectivity index (χ3v) is 4.22. The molecule has 0 bridgehead atoms. The Balaban J connectivity index is 1.79. The first kappa shape index (κ1) is 19.5. The summed E-state index contributed by atoms with van der Waals surface area (Å²) in [7, 11) is 0. The molecule has 1 N–H and O–H groups in total. The van der Waals surface area contributed by atoms with Gasteiger partial charge in [-0.3, -0.25) is 0 Å². The summed E-state index contributed by atoms with van der Waals surface area (Å²) in [4.78, 5) is 10.9. The Labute approximate surface area is 158 Å². The van der Waals surface area contributed by atoms with Crippen LogP contribution in [0.4, 0.5) is 13.2 Å². The zero-order valence-corrected chi connectivity index (χ0v) is 14.4. The highest BCUT2D eigenvalue weighted by Gasteiger charge is 2.40. The van der Waals surface area contributed by atoms with Crippen molar-refractivity contribution in [3.63, 3.8) is 0 Å². The highest BCUT2D eigenvalue weighted by atomic mass is 19.4. The summed E-state index contributed by atoms with van der Waals surface area (Å²) >= 11 is 0. The summed E-state index contributed by atoms with van der Waals surface area (Å²) in [5.74, 6) is -3.92. The van der Waals surface area contributed by atoms with Gasteiger partial charge in [0.2, 0.25) is 11.5 Å². The monoisotopic (exact) mass is 389 g/mol. The minimum Gasteiger partial charge on any atom is -0.475 e. The maximum atomic E-state index is 13.1. The average molecular weight is 389 g/mol. The van der Waals surface area contributed by atoms with E-state index in [0.717, 1.165) is 17.2 Å². The van der Waals surface area contributed by atoms with Gasteiger partial charge in [0.25, 0.3) is 0 Å².